The summed E-state index contributed by atoms with van der Waals surface area (Å²) >= 11 is 0. The smallest absolute Gasteiger partial charge is 0.408 e. The summed E-state index contributed by atoms with van der Waals surface area (Å²) in [6.45, 7) is 3.08. The molecule has 5 heteroatoms. The van der Waals surface area contributed by atoms with Crippen molar-refractivity contribution in [3.05, 3.63) is 34.8 Å². The van der Waals surface area contributed by atoms with Gasteiger partial charge in [-0.05, 0) is 38.7 Å². The van der Waals surface area contributed by atoms with E-state index in [9.17, 15) is 4.79 Å². The molecule has 0 aliphatic carbocycles. The molecule has 2 rings (SSSR count). The zero-order valence-electron chi connectivity index (χ0n) is 10.6. The fourth-order valence-electron chi connectivity index (χ4n) is 1.97. The second-order valence-electron chi connectivity index (χ2n) is 4.43. The molecule has 0 radical (unpaired) electrons. The lowest BCUT2D eigenvalue weighted by atomic mass is 10.3. The van der Waals surface area contributed by atoms with E-state index in [-0.39, 0.29) is 5.76 Å². The van der Waals surface area contributed by atoms with Crippen molar-refractivity contribution in [1.82, 2.24) is 9.47 Å². The minimum Gasteiger partial charge on any atom is -0.408 e. The third kappa shape index (κ3) is 2.80. The fourth-order valence-corrected chi connectivity index (χ4v) is 1.97. The summed E-state index contributed by atoms with van der Waals surface area (Å²) in [7, 11) is 2.03. The van der Waals surface area contributed by atoms with Gasteiger partial charge in [0.25, 0.3) is 0 Å². The summed E-state index contributed by atoms with van der Waals surface area (Å²) in [5.41, 5.74) is 6.97. The first-order valence-corrected chi connectivity index (χ1v) is 6.19. The Hall–Kier alpha value is -1.59. The molecule has 1 aromatic carbocycles. The van der Waals surface area contributed by atoms with Crippen molar-refractivity contribution in [2.75, 3.05) is 26.7 Å². The molecule has 0 amide bonds. The van der Waals surface area contributed by atoms with Crippen LogP contribution < -0.4 is 11.5 Å². The number of oxazole rings is 1. The number of aromatic nitrogens is 1. The Morgan fingerprint density at radius 1 is 1.33 bits per heavy atom. The highest BCUT2D eigenvalue weighted by atomic mass is 16.4. The van der Waals surface area contributed by atoms with E-state index in [1.165, 1.54) is 0 Å². The molecule has 0 saturated carbocycles. The zero-order valence-corrected chi connectivity index (χ0v) is 10.6. The Balaban J connectivity index is 2.07. The molecule has 0 unspecified atom stereocenters. The predicted octanol–water partition coefficient (Wildman–Crippen LogP) is 0.875. The number of hydrogen-bond donors (Lipinski definition) is 1. The number of nitrogens with zero attached hydrogens (tertiary/aromatic N) is 2. The lowest BCUT2D eigenvalue weighted by Gasteiger charge is -2.15. The van der Waals surface area contributed by atoms with Crippen LogP contribution in [0.3, 0.4) is 0 Å². The largest absolute Gasteiger partial charge is 0.419 e. The first-order valence-electron chi connectivity index (χ1n) is 6.19. The van der Waals surface area contributed by atoms with Gasteiger partial charge in [0, 0.05) is 13.1 Å². The third-order valence-electron chi connectivity index (χ3n) is 3.02. The number of hydrogen-bond acceptors (Lipinski definition) is 4. The fraction of sp³-hybridized carbons (Fsp3) is 0.462. The number of nitrogens with two attached hydrogens (primary N) is 1. The van der Waals surface area contributed by atoms with Gasteiger partial charge in [-0.15, -0.1) is 0 Å². The third-order valence-corrected chi connectivity index (χ3v) is 3.02. The van der Waals surface area contributed by atoms with Crippen LogP contribution in [-0.4, -0.2) is 36.1 Å². The van der Waals surface area contributed by atoms with Crippen LogP contribution >= 0.6 is 0 Å². The minimum absolute atomic E-state index is 0.288. The van der Waals surface area contributed by atoms with E-state index in [1.54, 1.807) is 4.57 Å². The average Bonchev–Trinajstić information content (AvgIpc) is 2.69. The van der Waals surface area contributed by atoms with Gasteiger partial charge in [-0.1, -0.05) is 12.1 Å². The lowest BCUT2D eigenvalue weighted by Crippen LogP contribution is -2.28. The first kappa shape index (κ1) is 12.9. The molecule has 0 saturated heterocycles. The minimum atomic E-state index is -0.288. The van der Waals surface area contributed by atoms with E-state index in [4.69, 9.17) is 10.2 Å². The average molecular weight is 249 g/mol. The molecular formula is C13H19N3O2. The van der Waals surface area contributed by atoms with Crippen LogP contribution in [0, 0.1) is 0 Å². The van der Waals surface area contributed by atoms with Crippen LogP contribution in [0.4, 0.5) is 0 Å². The van der Waals surface area contributed by atoms with Crippen LogP contribution in [0.2, 0.25) is 0 Å². The van der Waals surface area contributed by atoms with Crippen LogP contribution in [0.15, 0.2) is 33.5 Å². The van der Waals surface area contributed by atoms with Gasteiger partial charge in [0.05, 0.1) is 5.52 Å². The number of para-hydroxylation sites is 2. The molecule has 0 fully saturated rings. The number of fused-ring (bicyclic) bond motifs is 1. The molecule has 18 heavy (non-hydrogen) atoms. The van der Waals surface area contributed by atoms with Crippen molar-refractivity contribution in [1.29, 1.82) is 0 Å². The van der Waals surface area contributed by atoms with Gasteiger partial charge >= 0.3 is 5.76 Å². The van der Waals surface area contributed by atoms with Crippen molar-refractivity contribution >= 4 is 11.1 Å². The summed E-state index contributed by atoms with van der Waals surface area (Å²) in [6.07, 6.45) is 0.970. The van der Waals surface area contributed by atoms with E-state index in [0.717, 1.165) is 25.0 Å². The molecule has 98 valence electrons. The Bertz CT molecular complexity index is 559. The van der Waals surface area contributed by atoms with Gasteiger partial charge in [-0.2, -0.15) is 0 Å². The van der Waals surface area contributed by atoms with Crippen LogP contribution in [-0.2, 0) is 6.54 Å². The normalized spacial score (nSPS) is 11.5. The molecule has 1 heterocycles. The Kier molecular flexibility index (Phi) is 4.17. The van der Waals surface area contributed by atoms with Crippen LogP contribution in [0.1, 0.15) is 6.42 Å². The van der Waals surface area contributed by atoms with E-state index in [0.29, 0.717) is 18.7 Å². The molecule has 0 spiro atoms. The van der Waals surface area contributed by atoms with E-state index >= 15 is 0 Å². The van der Waals surface area contributed by atoms with Crippen molar-refractivity contribution in [2.24, 2.45) is 5.73 Å². The quantitative estimate of drug-likeness (QED) is 0.825. The number of benzene rings is 1. The van der Waals surface area contributed by atoms with Crippen LogP contribution in [0.5, 0.6) is 0 Å². The maximum absolute atomic E-state index is 11.7. The van der Waals surface area contributed by atoms with Gasteiger partial charge in [0.2, 0.25) is 0 Å². The summed E-state index contributed by atoms with van der Waals surface area (Å²) in [5.74, 6) is -0.288. The maximum atomic E-state index is 11.7. The van der Waals surface area contributed by atoms with E-state index in [1.807, 2.05) is 31.3 Å². The molecule has 2 N–H and O–H groups in total. The van der Waals surface area contributed by atoms with Crippen molar-refractivity contribution in [3.8, 4) is 0 Å². The summed E-state index contributed by atoms with van der Waals surface area (Å²) in [5, 5.41) is 0. The second-order valence-corrected chi connectivity index (χ2v) is 4.43. The SMILES string of the molecule is CN(CCCN)CCn1c(=O)oc2ccccc21. The van der Waals surface area contributed by atoms with Crippen molar-refractivity contribution < 1.29 is 4.42 Å². The van der Waals surface area contributed by atoms with Gasteiger partial charge < -0.3 is 15.1 Å². The van der Waals surface area contributed by atoms with Gasteiger partial charge in [0.1, 0.15) is 0 Å². The van der Waals surface area contributed by atoms with E-state index < -0.39 is 0 Å². The van der Waals surface area contributed by atoms with E-state index in [2.05, 4.69) is 4.90 Å². The molecule has 0 bridgehead atoms. The number of rotatable bonds is 6. The Morgan fingerprint density at radius 3 is 2.89 bits per heavy atom. The zero-order chi connectivity index (χ0) is 13.0. The summed E-state index contributed by atoms with van der Waals surface area (Å²) < 4.78 is 6.86. The summed E-state index contributed by atoms with van der Waals surface area (Å²) in [6, 6.07) is 7.49. The van der Waals surface area contributed by atoms with Gasteiger partial charge in [-0.25, -0.2) is 4.79 Å². The van der Waals surface area contributed by atoms with Gasteiger partial charge in [0.15, 0.2) is 5.58 Å². The molecule has 5 nitrogen and oxygen atoms in total. The highest BCUT2D eigenvalue weighted by Gasteiger charge is 2.08. The summed E-state index contributed by atoms with van der Waals surface area (Å²) in [4.78, 5) is 13.9. The van der Waals surface area contributed by atoms with Gasteiger partial charge in [-0.3, -0.25) is 4.57 Å². The Labute approximate surface area is 106 Å². The topological polar surface area (TPSA) is 64.4 Å². The monoisotopic (exact) mass is 249 g/mol. The first-order chi connectivity index (χ1) is 8.72. The lowest BCUT2D eigenvalue weighted by molar-refractivity contribution is 0.312. The maximum Gasteiger partial charge on any atom is 0.419 e. The molecule has 0 atom stereocenters. The second kappa shape index (κ2) is 5.84. The number of likely N-dealkylation sites (N-methyl/N-ethyl adjacent to an activating group) is 1. The predicted molar refractivity (Wildman–Crippen MR) is 71.6 cm³/mol. The van der Waals surface area contributed by atoms with Crippen molar-refractivity contribution in [3.63, 3.8) is 0 Å². The van der Waals surface area contributed by atoms with Crippen LogP contribution in [0.25, 0.3) is 11.1 Å². The molecular weight excluding hydrogens is 230 g/mol. The Morgan fingerprint density at radius 2 is 2.11 bits per heavy atom. The molecule has 1 aromatic heterocycles. The standard InChI is InChI=1S/C13H19N3O2/c1-15(8-4-7-14)9-10-16-11-5-2-3-6-12(11)18-13(16)17/h2-3,5-6H,4,7-10,14H2,1H3. The molecule has 0 aliphatic heterocycles. The molecule has 0 aliphatic rings. The highest BCUT2D eigenvalue weighted by molar-refractivity contribution is 5.72. The molecule has 2 aromatic rings. The highest BCUT2D eigenvalue weighted by Crippen LogP contribution is 2.11. The van der Waals surface area contributed by atoms with Crippen molar-refractivity contribution in [2.45, 2.75) is 13.0 Å².